The molecule has 102 valence electrons. The zero-order valence-corrected chi connectivity index (χ0v) is 11.7. The van der Waals surface area contributed by atoms with Crippen molar-refractivity contribution in [3.05, 3.63) is 39.4 Å². The molecular weight excluding hydrogens is 325 g/mol. The number of Topliss-reactive ketones (excluding diaryl/α,β-unsaturated/α-hetero) is 2. The normalized spacial score (nSPS) is 11.1. The largest absolute Gasteiger partial charge is 0.416 e. The highest BCUT2D eigenvalue weighted by Crippen LogP contribution is 2.32. The standard InChI is InChI=1S/C13H10BrF3O2/c1-7(18)11(8(2)19)6-9-5-10(13(15,16)17)3-4-12(9)14/h3-6H,1-2H3. The van der Waals surface area contributed by atoms with Gasteiger partial charge in [0.2, 0.25) is 0 Å². The summed E-state index contributed by atoms with van der Waals surface area (Å²) in [4.78, 5) is 22.5. The Hall–Kier alpha value is -1.43. The summed E-state index contributed by atoms with van der Waals surface area (Å²) in [6.45, 7) is 2.38. The van der Waals surface area contributed by atoms with Crippen LogP contribution >= 0.6 is 15.9 Å². The van der Waals surface area contributed by atoms with Crippen LogP contribution in [0.2, 0.25) is 0 Å². The van der Waals surface area contributed by atoms with Crippen LogP contribution in [0.25, 0.3) is 6.08 Å². The van der Waals surface area contributed by atoms with Gasteiger partial charge in [-0.25, -0.2) is 0 Å². The second-order valence-electron chi connectivity index (χ2n) is 3.90. The molecule has 0 aromatic heterocycles. The summed E-state index contributed by atoms with van der Waals surface area (Å²) in [5, 5.41) is 0. The van der Waals surface area contributed by atoms with Crippen LogP contribution in [0.1, 0.15) is 25.0 Å². The third-order valence-corrected chi connectivity index (χ3v) is 3.10. The van der Waals surface area contributed by atoms with Crippen LogP contribution in [0.15, 0.2) is 28.2 Å². The molecule has 0 spiro atoms. The number of carbonyl (C=O) groups excluding carboxylic acids is 2. The quantitative estimate of drug-likeness (QED) is 0.475. The van der Waals surface area contributed by atoms with E-state index in [9.17, 15) is 22.8 Å². The van der Waals surface area contributed by atoms with Crippen molar-refractivity contribution in [2.75, 3.05) is 0 Å². The van der Waals surface area contributed by atoms with E-state index in [1.807, 2.05) is 0 Å². The van der Waals surface area contributed by atoms with Crippen LogP contribution < -0.4 is 0 Å². The summed E-state index contributed by atoms with van der Waals surface area (Å²) in [6, 6.07) is 3.03. The molecule has 6 heteroatoms. The maximum Gasteiger partial charge on any atom is 0.416 e. The fraction of sp³-hybridized carbons (Fsp3) is 0.231. The average Bonchev–Trinajstić information content (AvgIpc) is 2.25. The Kier molecular flexibility index (Phi) is 4.68. The topological polar surface area (TPSA) is 34.1 Å². The monoisotopic (exact) mass is 334 g/mol. The van der Waals surface area contributed by atoms with E-state index in [1.54, 1.807) is 0 Å². The Bertz CT molecular complexity index is 543. The van der Waals surface area contributed by atoms with Crippen molar-refractivity contribution < 1.29 is 22.8 Å². The summed E-state index contributed by atoms with van der Waals surface area (Å²) >= 11 is 3.09. The lowest BCUT2D eigenvalue weighted by Crippen LogP contribution is -2.07. The van der Waals surface area contributed by atoms with Gasteiger partial charge < -0.3 is 0 Å². The van der Waals surface area contributed by atoms with Crippen molar-refractivity contribution in [3.8, 4) is 0 Å². The third kappa shape index (κ3) is 4.02. The molecule has 2 nitrogen and oxygen atoms in total. The fourth-order valence-corrected chi connectivity index (χ4v) is 1.80. The lowest BCUT2D eigenvalue weighted by atomic mass is 10.0. The number of ketones is 2. The zero-order chi connectivity index (χ0) is 14.8. The summed E-state index contributed by atoms with van der Waals surface area (Å²) in [5.74, 6) is -0.978. The molecule has 0 amide bonds. The fourth-order valence-electron chi connectivity index (χ4n) is 1.44. The first-order valence-corrected chi connectivity index (χ1v) is 6.02. The summed E-state index contributed by atoms with van der Waals surface area (Å²) in [6.07, 6.45) is -3.32. The van der Waals surface area contributed by atoms with Crippen LogP contribution in [0.5, 0.6) is 0 Å². The Morgan fingerprint density at radius 2 is 1.68 bits per heavy atom. The number of rotatable bonds is 3. The predicted octanol–water partition coefficient (Wildman–Crippen LogP) is 4.03. The Morgan fingerprint density at radius 1 is 1.16 bits per heavy atom. The van der Waals surface area contributed by atoms with E-state index in [0.717, 1.165) is 18.2 Å². The van der Waals surface area contributed by atoms with Gasteiger partial charge >= 0.3 is 6.18 Å². The second-order valence-corrected chi connectivity index (χ2v) is 4.76. The van der Waals surface area contributed by atoms with E-state index in [-0.39, 0.29) is 11.1 Å². The van der Waals surface area contributed by atoms with Crippen LogP contribution in [0.3, 0.4) is 0 Å². The van der Waals surface area contributed by atoms with Crippen molar-refractivity contribution in [3.63, 3.8) is 0 Å². The molecule has 0 heterocycles. The molecule has 1 rings (SSSR count). The highest BCUT2D eigenvalue weighted by Gasteiger charge is 2.30. The summed E-state index contributed by atoms with van der Waals surface area (Å²) in [7, 11) is 0. The molecular formula is C13H10BrF3O2. The van der Waals surface area contributed by atoms with E-state index in [0.29, 0.717) is 4.47 Å². The van der Waals surface area contributed by atoms with E-state index in [2.05, 4.69) is 15.9 Å². The van der Waals surface area contributed by atoms with Crippen molar-refractivity contribution in [1.29, 1.82) is 0 Å². The number of hydrogen-bond donors (Lipinski definition) is 0. The molecule has 19 heavy (non-hydrogen) atoms. The van der Waals surface area contributed by atoms with E-state index in [1.165, 1.54) is 19.9 Å². The summed E-state index contributed by atoms with van der Waals surface area (Å²) in [5.41, 5.74) is -0.844. The van der Waals surface area contributed by atoms with Gasteiger partial charge in [0.25, 0.3) is 0 Å². The molecule has 0 saturated carbocycles. The van der Waals surface area contributed by atoms with E-state index < -0.39 is 23.3 Å². The Labute approximate surface area is 116 Å². The Balaban J connectivity index is 3.38. The molecule has 0 bridgehead atoms. The van der Waals surface area contributed by atoms with Crippen molar-refractivity contribution in [2.24, 2.45) is 0 Å². The van der Waals surface area contributed by atoms with Crippen LogP contribution in [-0.2, 0) is 15.8 Å². The maximum absolute atomic E-state index is 12.6. The smallest absolute Gasteiger partial charge is 0.294 e. The molecule has 0 N–H and O–H groups in total. The van der Waals surface area contributed by atoms with Gasteiger partial charge in [-0.05, 0) is 43.7 Å². The van der Waals surface area contributed by atoms with Gasteiger partial charge in [-0.15, -0.1) is 0 Å². The van der Waals surface area contributed by atoms with Crippen LogP contribution in [-0.4, -0.2) is 11.6 Å². The summed E-state index contributed by atoms with van der Waals surface area (Å²) < 4.78 is 38.1. The number of allylic oxidation sites excluding steroid dienone is 1. The maximum atomic E-state index is 12.6. The SMILES string of the molecule is CC(=O)C(=Cc1cc(C(F)(F)F)ccc1Br)C(C)=O. The van der Waals surface area contributed by atoms with Crippen LogP contribution in [0, 0.1) is 0 Å². The van der Waals surface area contributed by atoms with E-state index in [4.69, 9.17) is 0 Å². The minimum atomic E-state index is -4.48. The minimum Gasteiger partial charge on any atom is -0.294 e. The highest BCUT2D eigenvalue weighted by atomic mass is 79.9. The van der Waals surface area contributed by atoms with Gasteiger partial charge in [0.05, 0.1) is 11.1 Å². The minimum absolute atomic E-state index is 0.134. The van der Waals surface area contributed by atoms with Crippen molar-refractivity contribution in [1.82, 2.24) is 0 Å². The van der Waals surface area contributed by atoms with E-state index >= 15 is 0 Å². The van der Waals surface area contributed by atoms with Crippen LogP contribution in [0.4, 0.5) is 13.2 Å². The molecule has 0 unspecified atom stereocenters. The number of hydrogen-bond acceptors (Lipinski definition) is 2. The molecule has 0 radical (unpaired) electrons. The number of benzene rings is 1. The van der Waals surface area contributed by atoms with Gasteiger partial charge in [0, 0.05) is 4.47 Å². The highest BCUT2D eigenvalue weighted by molar-refractivity contribution is 9.10. The first kappa shape index (κ1) is 15.6. The molecule has 0 aliphatic carbocycles. The average molecular weight is 335 g/mol. The lowest BCUT2D eigenvalue weighted by Gasteiger charge is -2.09. The first-order chi connectivity index (χ1) is 8.62. The van der Waals surface area contributed by atoms with Gasteiger partial charge in [-0.1, -0.05) is 15.9 Å². The van der Waals surface area contributed by atoms with Crippen molar-refractivity contribution >= 4 is 33.6 Å². The van der Waals surface area contributed by atoms with Crippen molar-refractivity contribution in [2.45, 2.75) is 20.0 Å². The number of alkyl halides is 3. The molecule has 1 aromatic carbocycles. The van der Waals surface area contributed by atoms with Gasteiger partial charge in [-0.3, -0.25) is 9.59 Å². The first-order valence-electron chi connectivity index (χ1n) is 5.23. The molecule has 0 saturated heterocycles. The van der Waals surface area contributed by atoms with Gasteiger partial charge in [-0.2, -0.15) is 13.2 Å². The Morgan fingerprint density at radius 3 is 2.11 bits per heavy atom. The number of halogens is 4. The molecule has 0 fully saturated rings. The van der Waals surface area contributed by atoms with Gasteiger partial charge in [0.15, 0.2) is 11.6 Å². The third-order valence-electron chi connectivity index (χ3n) is 2.38. The molecule has 0 aliphatic rings. The predicted molar refractivity (Wildman–Crippen MR) is 68.5 cm³/mol. The zero-order valence-electron chi connectivity index (χ0n) is 10.1. The molecule has 1 aromatic rings. The second kappa shape index (κ2) is 5.69. The molecule has 0 atom stereocenters. The lowest BCUT2D eigenvalue weighted by molar-refractivity contribution is -0.137. The molecule has 0 aliphatic heterocycles. The van der Waals surface area contributed by atoms with Gasteiger partial charge in [0.1, 0.15) is 0 Å². The number of carbonyl (C=O) groups is 2.